The van der Waals surface area contributed by atoms with E-state index in [-0.39, 0.29) is 21.2 Å². The fourth-order valence-electron chi connectivity index (χ4n) is 2.34. The molecule has 0 atom stereocenters. The lowest BCUT2D eigenvalue weighted by molar-refractivity contribution is 0.102. The zero-order chi connectivity index (χ0) is 19.6. The van der Waals surface area contributed by atoms with Crippen LogP contribution in [0, 0.1) is 6.92 Å². The number of thiophene rings is 1. The van der Waals surface area contributed by atoms with Crippen molar-refractivity contribution in [2.45, 2.75) is 11.1 Å². The van der Waals surface area contributed by atoms with Gasteiger partial charge in [-0.15, -0.1) is 11.3 Å². The molecule has 1 heterocycles. The summed E-state index contributed by atoms with van der Waals surface area (Å²) in [6.45, 7) is 1.76. The van der Waals surface area contributed by atoms with Crippen molar-refractivity contribution in [2.24, 2.45) is 0 Å². The third-order valence-electron chi connectivity index (χ3n) is 3.77. The van der Waals surface area contributed by atoms with E-state index in [9.17, 15) is 18.3 Å². The number of sulfonamides is 1. The second-order valence-corrected chi connectivity index (χ2v) is 8.90. The van der Waals surface area contributed by atoms with Crippen molar-refractivity contribution in [3.8, 4) is 5.75 Å². The Balaban J connectivity index is 1.80. The number of benzene rings is 2. The summed E-state index contributed by atoms with van der Waals surface area (Å²) in [6.07, 6.45) is 0. The van der Waals surface area contributed by atoms with E-state index in [1.54, 1.807) is 36.6 Å². The maximum Gasteiger partial charge on any atom is 0.271 e. The van der Waals surface area contributed by atoms with Crippen molar-refractivity contribution >= 4 is 50.2 Å². The van der Waals surface area contributed by atoms with E-state index >= 15 is 0 Å². The van der Waals surface area contributed by atoms with Gasteiger partial charge in [0.1, 0.15) is 9.96 Å². The van der Waals surface area contributed by atoms with Crippen LogP contribution < -0.4 is 10.0 Å². The van der Waals surface area contributed by atoms with E-state index in [0.717, 1.165) is 11.3 Å². The second-order valence-electron chi connectivity index (χ2n) is 5.64. The predicted molar refractivity (Wildman–Crippen MR) is 107 cm³/mol. The third-order valence-corrected chi connectivity index (χ3v) is 6.96. The van der Waals surface area contributed by atoms with Crippen LogP contribution in [0.25, 0.3) is 0 Å². The van der Waals surface area contributed by atoms with Crippen molar-refractivity contribution in [1.82, 2.24) is 0 Å². The van der Waals surface area contributed by atoms with Crippen molar-refractivity contribution in [1.29, 1.82) is 0 Å². The molecule has 27 heavy (non-hydrogen) atoms. The minimum atomic E-state index is -3.74. The molecular weight excluding hydrogens is 408 g/mol. The van der Waals surface area contributed by atoms with Crippen molar-refractivity contribution in [2.75, 3.05) is 10.0 Å². The number of anilines is 2. The number of hydrogen-bond acceptors (Lipinski definition) is 5. The summed E-state index contributed by atoms with van der Waals surface area (Å²) in [6, 6.07) is 12.1. The van der Waals surface area contributed by atoms with Crippen LogP contribution in [0.2, 0.25) is 5.02 Å². The van der Waals surface area contributed by atoms with Crippen LogP contribution >= 0.6 is 22.9 Å². The third kappa shape index (κ3) is 4.24. The largest absolute Gasteiger partial charge is 0.507 e. The molecule has 9 heteroatoms. The molecule has 0 fully saturated rings. The van der Waals surface area contributed by atoms with Crippen LogP contribution in [0.1, 0.15) is 15.9 Å². The number of rotatable bonds is 5. The van der Waals surface area contributed by atoms with Crippen LogP contribution in [0.4, 0.5) is 11.4 Å². The van der Waals surface area contributed by atoms with E-state index in [1.807, 2.05) is 0 Å². The van der Waals surface area contributed by atoms with Crippen molar-refractivity contribution < 1.29 is 18.3 Å². The van der Waals surface area contributed by atoms with Gasteiger partial charge in [0.25, 0.3) is 15.9 Å². The zero-order valence-corrected chi connectivity index (χ0v) is 16.5. The first-order chi connectivity index (χ1) is 12.8. The number of nitrogens with one attached hydrogen (secondary N) is 2. The lowest BCUT2D eigenvalue weighted by Gasteiger charge is -2.12. The van der Waals surface area contributed by atoms with Gasteiger partial charge >= 0.3 is 0 Å². The fourth-order valence-corrected chi connectivity index (χ4v) is 4.56. The monoisotopic (exact) mass is 422 g/mol. The van der Waals surface area contributed by atoms with Crippen molar-refractivity contribution in [3.05, 3.63) is 70.1 Å². The number of hydrogen-bond donors (Lipinski definition) is 3. The number of carbonyl (C=O) groups excluding carboxylic acids is 1. The molecule has 0 saturated heterocycles. The smallest absolute Gasteiger partial charge is 0.271 e. The molecule has 0 aliphatic carbocycles. The molecule has 0 bridgehead atoms. The Kier molecular flexibility index (Phi) is 5.41. The number of carbonyl (C=O) groups is 1. The van der Waals surface area contributed by atoms with E-state index in [1.165, 1.54) is 24.3 Å². The van der Waals surface area contributed by atoms with Gasteiger partial charge in [0.2, 0.25) is 0 Å². The Morgan fingerprint density at radius 2 is 1.93 bits per heavy atom. The van der Waals surface area contributed by atoms with E-state index in [0.29, 0.717) is 16.3 Å². The van der Waals surface area contributed by atoms with Gasteiger partial charge < -0.3 is 10.4 Å². The molecule has 0 unspecified atom stereocenters. The van der Waals surface area contributed by atoms with Gasteiger partial charge in [0.15, 0.2) is 0 Å². The average Bonchev–Trinajstić information content (AvgIpc) is 3.14. The quantitative estimate of drug-likeness (QED) is 0.565. The summed E-state index contributed by atoms with van der Waals surface area (Å²) >= 11 is 7.11. The highest BCUT2D eigenvalue weighted by Crippen LogP contribution is 2.28. The summed E-state index contributed by atoms with van der Waals surface area (Å²) in [7, 11) is -3.74. The van der Waals surface area contributed by atoms with Gasteiger partial charge in [-0.1, -0.05) is 23.7 Å². The Morgan fingerprint density at radius 1 is 1.15 bits per heavy atom. The maximum atomic E-state index is 12.4. The number of phenols is 1. The van der Waals surface area contributed by atoms with E-state index in [4.69, 9.17) is 11.6 Å². The SMILES string of the molecule is Cc1c(Cl)cccc1NC(=O)c1ccc(NS(=O)(=O)c2cccs2)cc1O. The van der Waals surface area contributed by atoms with Gasteiger partial charge in [-0.3, -0.25) is 9.52 Å². The van der Waals surface area contributed by atoms with Gasteiger partial charge in [0.05, 0.1) is 11.3 Å². The van der Waals surface area contributed by atoms with Gasteiger partial charge in [-0.05, 0) is 48.2 Å². The summed E-state index contributed by atoms with van der Waals surface area (Å²) in [5.41, 5.74) is 1.38. The summed E-state index contributed by atoms with van der Waals surface area (Å²) in [5.74, 6) is -0.885. The molecule has 3 aromatic rings. The fraction of sp³-hybridized carbons (Fsp3) is 0.0556. The summed E-state index contributed by atoms with van der Waals surface area (Å²) in [5, 5.41) is 15.0. The molecule has 3 rings (SSSR count). The van der Waals surface area contributed by atoms with Crippen LogP contribution in [0.5, 0.6) is 5.75 Å². The summed E-state index contributed by atoms with van der Waals surface area (Å²) < 4.78 is 27.0. The first-order valence-corrected chi connectivity index (χ1v) is 10.5. The molecule has 1 amide bonds. The molecule has 2 aromatic carbocycles. The average molecular weight is 423 g/mol. The maximum absolute atomic E-state index is 12.4. The number of aromatic hydroxyl groups is 1. The minimum Gasteiger partial charge on any atom is -0.507 e. The first kappa shape index (κ1) is 19.2. The lowest BCUT2D eigenvalue weighted by Crippen LogP contribution is -2.14. The molecule has 6 nitrogen and oxygen atoms in total. The van der Waals surface area contributed by atoms with Gasteiger partial charge in [-0.25, -0.2) is 8.42 Å². The Bertz CT molecular complexity index is 1100. The Morgan fingerprint density at radius 3 is 2.59 bits per heavy atom. The van der Waals surface area contributed by atoms with Gasteiger partial charge in [-0.2, -0.15) is 0 Å². The molecular formula is C18H15ClN2O4S2. The highest BCUT2D eigenvalue weighted by Gasteiger charge is 2.18. The van der Waals surface area contributed by atoms with Crippen molar-refractivity contribution in [3.63, 3.8) is 0 Å². The Labute approximate surface area is 165 Å². The van der Waals surface area contributed by atoms with Gasteiger partial charge in [0, 0.05) is 16.8 Å². The molecule has 0 saturated carbocycles. The van der Waals surface area contributed by atoms with Crippen LogP contribution in [0.3, 0.4) is 0 Å². The van der Waals surface area contributed by atoms with Crippen LogP contribution in [-0.4, -0.2) is 19.4 Å². The van der Waals surface area contributed by atoms with Crippen LogP contribution in [0.15, 0.2) is 58.1 Å². The topological polar surface area (TPSA) is 95.5 Å². The lowest BCUT2D eigenvalue weighted by atomic mass is 10.1. The molecule has 0 radical (unpaired) electrons. The minimum absolute atomic E-state index is 0.00782. The number of phenolic OH excluding ortho intramolecular Hbond substituents is 1. The Hall–Kier alpha value is -2.55. The highest BCUT2D eigenvalue weighted by atomic mass is 35.5. The highest BCUT2D eigenvalue weighted by molar-refractivity contribution is 7.94. The number of halogens is 1. The standard InChI is InChI=1S/C18H15ClN2O4S2/c1-11-14(19)4-2-5-15(11)20-18(23)13-8-7-12(10-16(13)22)21-27(24,25)17-6-3-9-26-17/h2-10,21-22H,1H3,(H,20,23). The van der Waals surface area contributed by atoms with E-state index < -0.39 is 15.9 Å². The summed E-state index contributed by atoms with van der Waals surface area (Å²) in [4.78, 5) is 12.4. The molecule has 3 N–H and O–H groups in total. The molecule has 0 aliphatic heterocycles. The predicted octanol–water partition coefficient (Wildman–Crippen LogP) is 4.47. The molecule has 1 aromatic heterocycles. The normalized spacial score (nSPS) is 11.2. The van der Waals surface area contributed by atoms with E-state index in [2.05, 4.69) is 10.0 Å². The molecule has 140 valence electrons. The second kappa shape index (κ2) is 7.59. The first-order valence-electron chi connectivity index (χ1n) is 7.74. The van der Waals surface area contributed by atoms with Crippen LogP contribution in [-0.2, 0) is 10.0 Å². The molecule has 0 spiro atoms. The molecule has 0 aliphatic rings. The number of amides is 1. The zero-order valence-electron chi connectivity index (χ0n) is 14.1.